The summed E-state index contributed by atoms with van der Waals surface area (Å²) in [4.78, 5) is 22.5. The van der Waals surface area contributed by atoms with Crippen molar-refractivity contribution in [2.24, 2.45) is 0 Å². The Hall–Kier alpha value is -1.32. The highest BCUT2D eigenvalue weighted by molar-refractivity contribution is 5.69. The van der Waals surface area contributed by atoms with Crippen molar-refractivity contribution < 1.29 is 19.4 Å². The van der Waals surface area contributed by atoms with Crippen LogP contribution in [-0.4, -0.2) is 23.1 Å². The molecule has 0 saturated carbocycles. The first kappa shape index (κ1) is 34.7. The molecule has 4 nitrogen and oxygen atoms in total. The molecule has 0 spiro atoms. The molecule has 1 N–H and O–H groups in total. The Morgan fingerprint density at radius 1 is 0.611 bits per heavy atom. The van der Waals surface area contributed by atoms with Gasteiger partial charge >= 0.3 is 11.9 Å². The van der Waals surface area contributed by atoms with Gasteiger partial charge in [0.05, 0.1) is 6.10 Å². The van der Waals surface area contributed by atoms with Gasteiger partial charge in [-0.05, 0) is 58.3 Å². The minimum atomic E-state index is -0.675. The van der Waals surface area contributed by atoms with E-state index in [1.54, 1.807) is 0 Å². The van der Waals surface area contributed by atoms with Gasteiger partial charge in [0, 0.05) is 12.8 Å². The van der Waals surface area contributed by atoms with Crippen LogP contribution in [0.4, 0.5) is 0 Å². The number of hydrogen-bond donors (Lipinski definition) is 1. The minimum Gasteiger partial charge on any atom is -0.481 e. The molecule has 0 aliphatic carbocycles. The monoisotopic (exact) mass is 508 g/mol. The Morgan fingerprint density at radius 3 is 1.53 bits per heavy atom. The molecule has 36 heavy (non-hydrogen) atoms. The summed E-state index contributed by atoms with van der Waals surface area (Å²) in [5.41, 5.74) is 0. The van der Waals surface area contributed by atoms with Crippen LogP contribution in [0.3, 0.4) is 0 Å². The van der Waals surface area contributed by atoms with Gasteiger partial charge in [0.1, 0.15) is 0 Å². The first-order valence-electron chi connectivity index (χ1n) is 15.6. The van der Waals surface area contributed by atoms with Crippen LogP contribution in [0.5, 0.6) is 0 Å². The molecule has 0 aromatic heterocycles. The highest BCUT2D eigenvalue weighted by Gasteiger charge is 2.09. The van der Waals surface area contributed by atoms with Crippen LogP contribution in [0, 0.1) is 0 Å². The number of carboxylic acids is 1. The summed E-state index contributed by atoms with van der Waals surface area (Å²) in [6, 6.07) is 0. The predicted octanol–water partition coefficient (Wildman–Crippen LogP) is 10.3. The number of unbranched alkanes of at least 4 members (excludes halogenated alkanes) is 19. The predicted molar refractivity (Wildman–Crippen MR) is 153 cm³/mol. The molecule has 212 valence electrons. The number of allylic oxidation sites excluding steroid dienone is 2. The fourth-order valence-corrected chi connectivity index (χ4v) is 4.63. The minimum absolute atomic E-state index is 0.0172. The van der Waals surface area contributed by atoms with Gasteiger partial charge in [-0.15, -0.1) is 0 Å². The number of ether oxygens (including phenoxy) is 1. The van der Waals surface area contributed by atoms with E-state index in [-0.39, 0.29) is 12.1 Å². The Balaban J connectivity index is 3.34. The van der Waals surface area contributed by atoms with Gasteiger partial charge in [-0.2, -0.15) is 0 Å². The number of carbonyl (C=O) groups excluding carboxylic acids is 1. The van der Waals surface area contributed by atoms with Crippen LogP contribution < -0.4 is 0 Å². The van der Waals surface area contributed by atoms with E-state index < -0.39 is 5.97 Å². The van der Waals surface area contributed by atoms with Crippen LogP contribution in [0.15, 0.2) is 12.2 Å². The third-order valence-electron chi connectivity index (χ3n) is 6.98. The lowest BCUT2D eigenvalue weighted by atomic mass is 10.0. The van der Waals surface area contributed by atoms with E-state index in [0.717, 1.165) is 38.5 Å². The highest BCUT2D eigenvalue weighted by atomic mass is 16.5. The number of aliphatic carboxylic acids is 1. The Bertz CT molecular complexity index is 514. The highest BCUT2D eigenvalue weighted by Crippen LogP contribution is 2.15. The first-order valence-corrected chi connectivity index (χ1v) is 15.6. The van der Waals surface area contributed by atoms with Crippen molar-refractivity contribution in [2.45, 2.75) is 180 Å². The van der Waals surface area contributed by atoms with Crippen LogP contribution in [-0.2, 0) is 14.3 Å². The van der Waals surface area contributed by atoms with E-state index >= 15 is 0 Å². The smallest absolute Gasteiger partial charge is 0.306 e. The van der Waals surface area contributed by atoms with Gasteiger partial charge in [-0.3, -0.25) is 9.59 Å². The number of carboxylic acid groups (broad SMARTS) is 1. The molecule has 0 radical (unpaired) electrons. The molecule has 0 aromatic rings. The number of carbonyl (C=O) groups is 2. The molecule has 1 unspecified atom stereocenters. The van der Waals surface area contributed by atoms with Crippen molar-refractivity contribution >= 4 is 11.9 Å². The van der Waals surface area contributed by atoms with E-state index in [9.17, 15) is 9.59 Å². The van der Waals surface area contributed by atoms with E-state index in [0.29, 0.717) is 12.8 Å². The molecule has 0 saturated heterocycles. The van der Waals surface area contributed by atoms with E-state index in [1.165, 1.54) is 109 Å². The zero-order valence-corrected chi connectivity index (χ0v) is 24.1. The summed E-state index contributed by atoms with van der Waals surface area (Å²) in [7, 11) is 0. The molecule has 0 rings (SSSR count). The third-order valence-corrected chi connectivity index (χ3v) is 6.98. The average Bonchev–Trinajstić information content (AvgIpc) is 2.84. The normalized spacial score (nSPS) is 12.3. The largest absolute Gasteiger partial charge is 0.481 e. The zero-order valence-electron chi connectivity index (χ0n) is 24.1. The lowest BCUT2D eigenvalue weighted by Gasteiger charge is -2.13. The summed E-state index contributed by atoms with van der Waals surface area (Å²) in [5.74, 6) is -0.692. The summed E-state index contributed by atoms with van der Waals surface area (Å²) >= 11 is 0. The quantitative estimate of drug-likeness (QED) is 0.0648. The molecular formula is C32H60O4. The molecule has 0 aliphatic heterocycles. The molecule has 4 heteroatoms. The lowest BCUT2D eigenvalue weighted by molar-refractivity contribution is -0.148. The van der Waals surface area contributed by atoms with Crippen molar-refractivity contribution in [1.29, 1.82) is 0 Å². The van der Waals surface area contributed by atoms with Gasteiger partial charge in [0.25, 0.3) is 0 Å². The molecule has 0 aromatic carbocycles. The maximum absolute atomic E-state index is 12.0. The topological polar surface area (TPSA) is 63.6 Å². The van der Waals surface area contributed by atoms with E-state index in [1.807, 2.05) is 6.92 Å². The van der Waals surface area contributed by atoms with E-state index in [4.69, 9.17) is 9.84 Å². The Morgan fingerprint density at radius 2 is 1.03 bits per heavy atom. The maximum atomic E-state index is 12.0. The molecular weight excluding hydrogens is 448 g/mol. The summed E-state index contributed by atoms with van der Waals surface area (Å²) in [6.45, 7) is 4.29. The molecule has 0 fully saturated rings. The van der Waals surface area contributed by atoms with Crippen molar-refractivity contribution in [3.8, 4) is 0 Å². The molecule has 0 bridgehead atoms. The fraction of sp³-hybridized carbons (Fsp3) is 0.875. The van der Waals surface area contributed by atoms with Crippen molar-refractivity contribution in [1.82, 2.24) is 0 Å². The van der Waals surface area contributed by atoms with Crippen LogP contribution in [0.1, 0.15) is 174 Å². The number of rotatable bonds is 28. The third kappa shape index (κ3) is 28.9. The van der Waals surface area contributed by atoms with Crippen LogP contribution in [0.25, 0.3) is 0 Å². The second-order valence-corrected chi connectivity index (χ2v) is 10.7. The maximum Gasteiger partial charge on any atom is 0.306 e. The lowest BCUT2D eigenvalue weighted by Crippen LogP contribution is -2.14. The zero-order chi connectivity index (χ0) is 26.5. The first-order chi connectivity index (χ1) is 17.6. The van der Waals surface area contributed by atoms with Crippen molar-refractivity contribution in [3.63, 3.8) is 0 Å². The van der Waals surface area contributed by atoms with Crippen LogP contribution in [0.2, 0.25) is 0 Å². The van der Waals surface area contributed by atoms with Gasteiger partial charge in [-0.25, -0.2) is 0 Å². The fourth-order valence-electron chi connectivity index (χ4n) is 4.63. The van der Waals surface area contributed by atoms with Crippen molar-refractivity contribution in [3.05, 3.63) is 12.2 Å². The standard InChI is InChI=1S/C32H60O4/c1-3-4-5-6-7-8-9-10-14-17-20-23-26-29-32(35)36-30(2)27-24-21-18-15-12-11-13-16-19-22-25-28-31(33)34/h8-9,30H,3-7,10-29H2,1-2H3,(H,33,34)/b9-8-. The second-order valence-electron chi connectivity index (χ2n) is 10.7. The molecule has 0 heterocycles. The summed E-state index contributed by atoms with van der Waals surface area (Å²) in [6.07, 6.45) is 33.4. The number of hydrogen-bond acceptors (Lipinski definition) is 3. The Labute approximate surface area is 224 Å². The summed E-state index contributed by atoms with van der Waals surface area (Å²) in [5, 5.41) is 8.62. The second kappa shape index (κ2) is 28.3. The van der Waals surface area contributed by atoms with Gasteiger partial charge < -0.3 is 9.84 Å². The van der Waals surface area contributed by atoms with Crippen LogP contribution >= 0.6 is 0 Å². The molecule has 0 aliphatic rings. The summed E-state index contributed by atoms with van der Waals surface area (Å²) < 4.78 is 5.59. The molecule has 1 atom stereocenters. The Kier molecular flexibility index (Phi) is 27.2. The SMILES string of the molecule is CCCCCC/C=C\CCCCCCCC(=O)OC(C)CCCCCCCCCCCCCC(=O)O. The van der Waals surface area contributed by atoms with E-state index in [2.05, 4.69) is 19.1 Å². The average molecular weight is 509 g/mol. The van der Waals surface area contributed by atoms with Gasteiger partial charge in [0.15, 0.2) is 0 Å². The number of esters is 1. The van der Waals surface area contributed by atoms with Gasteiger partial charge in [-0.1, -0.05) is 115 Å². The molecule has 0 amide bonds. The van der Waals surface area contributed by atoms with Crippen molar-refractivity contribution in [2.75, 3.05) is 0 Å². The van der Waals surface area contributed by atoms with Gasteiger partial charge in [0.2, 0.25) is 0 Å².